The van der Waals surface area contributed by atoms with E-state index >= 15 is 0 Å². The monoisotopic (exact) mass is 357 g/mol. The Bertz CT molecular complexity index is 913. The molecular weight excluding hydrogens is 338 g/mol. The molecule has 1 aromatic carbocycles. The summed E-state index contributed by atoms with van der Waals surface area (Å²) in [6.45, 7) is 2.09. The Morgan fingerprint density at radius 3 is 2.76 bits per heavy atom. The van der Waals surface area contributed by atoms with Gasteiger partial charge in [-0.05, 0) is 30.0 Å². The highest BCUT2D eigenvalue weighted by Crippen LogP contribution is 2.19. The van der Waals surface area contributed by atoms with Gasteiger partial charge in [0.2, 0.25) is 0 Å². The minimum Gasteiger partial charge on any atom is -0.422 e. The number of fused-ring (bicyclic) bond motifs is 1. The van der Waals surface area contributed by atoms with Crippen LogP contribution in [0.5, 0.6) is 0 Å². The summed E-state index contributed by atoms with van der Waals surface area (Å²) in [5.41, 5.74) is -0.224. The van der Waals surface area contributed by atoms with Gasteiger partial charge in [-0.3, -0.25) is 4.79 Å². The van der Waals surface area contributed by atoms with Gasteiger partial charge in [-0.1, -0.05) is 31.2 Å². The van der Waals surface area contributed by atoms with E-state index in [0.717, 1.165) is 4.88 Å². The highest BCUT2D eigenvalue weighted by atomic mass is 32.1. The van der Waals surface area contributed by atoms with Crippen LogP contribution in [0, 0.1) is 0 Å². The van der Waals surface area contributed by atoms with Crippen molar-refractivity contribution in [2.24, 2.45) is 0 Å². The third-order valence-corrected chi connectivity index (χ3v) is 5.02. The summed E-state index contributed by atoms with van der Waals surface area (Å²) in [7, 11) is 0. The Morgan fingerprint density at radius 2 is 2.08 bits per heavy atom. The van der Waals surface area contributed by atoms with Crippen LogP contribution in [0.1, 0.15) is 28.6 Å². The van der Waals surface area contributed by atoms with E-state index < -0.39 is 11.5 Å². The summed E-state index contributed by atoms with van der Waals surface area (Å²) < 4.78 is 5.28. The molecule has 130 valence electrons. The molecule has 0 spiro atoms. The second-order valence-corrected chi connectivity index (χ2v) is 6.77. The molecule has 6 heteroatoms. The number of benzene rings is 1. The fourth-order valence-corrected chi connectivity index (χ4v) is 3.45. The van der Waals surface area contributed by atoms with E-state index in [1.165, 1.54) is 11.3 Å². The smallest absolute Gasteiger partial charge is 0.349 e. The molecule has 1 atom stereocenters. The number of amides is 1. The highest BCUT2D eigenvalue weighted by molar-refractivity contribution is 7.09. The van der Waals surface area contributed by atoms with Crippen LogP contribution in [0.15, 0.2) is 57.1 Å². The maximum atomic E-state index is 13.1. The summed E-state index contributed by atoms with van der Waals surface area (Å²) in [5.74, 6) is -0.422. The van der Waals surface area contributed by atoms with Gasteiger partial charge in [0.1, 0.15) is 11.1 Å². The molecule has 0 bridgehead atoms. The lowest BCUT2D eigenvalue weighted by Gasteiger charge is -2.29. The van der Waals surface area contributed by atoms with Crippen LogP contribution in [0.2, 0.25) is 0 Å². The third-order valence-electron chi connectivity index (χ3n) is 4.16. The molecule has 0 aliphatic rings. The first-order chi connectivity index (χ1) is 12.1. The van der Waals surface area contributed by atoms with Gasteiger partial charge in [-0.2, -0.15) is 0 Å². The number of aliphatic hydroxyl groups is 1. The Labute approximate surface area is 149 Å². The first-order valence-electron chi connectivity index (χ1n) is 8.11. The number of rotatable bonds is 6. The summed E-state index contributed by atoms with van der Waals surface area (Å²) in [6.07, 6.45) is 0.590. The van der Waals surface area contributed by atoms with Crippen LogP contribution >= 0.6 is 11.3 Å². The molecule has 0 radical (unpaired) electrons. The minimum atomic E-state index is -0.660. The first kappa shape index (κ1) is 17.4. The van der Waals surface area contributed by atoms with Crippen molar-refractivity contribution in [3.8, 4) is 0 Å². The van der Waals surface area contributed by atoms with E-state index in [1.54, 1.807) is 29.2 Å². The second-order valence-electron chi connectivity index (χ2n) is 5.74. The average molecular weight is 357 g/mol. The van der Waals surface area contributed by atoms with E-state index in [9.17, 15) is 14.7 Å². The van der Waals surface area contributed by atoms with Gasteiger partial charge in [0.05, 0.1) is 19.2 Å². The number of para-hydroxylation sites is 1. The summed E-state index contributed by atoms with van der Waals surface area (Å²) >= 11 is 1.53. The zero-order valence-corrected chi connectivity index (χ0v) is 14.7. The molecule has 1 N–H and O–H groups in total. The SMILES string of the molecule is CC[C@H](CO)N(Cc1cccs1)C(=O)c1cc2ccccc2oc1=O. The third kappa shape index (κ3) is 3.65. The fraction of sp³-hybridized carbons (Fsp3) is 0.263. The van der Waals surface area contributed by atoms with Crippen molar-refractivity contribution in [2.75, 3.05) is 6.61 Å². The van der Waals surface area contributed by atoms with E-state index in [2.05, 4.69) is 0 Å². The molecule has 0 saturated heterocycles. The van der Waals surface area contributed by atoms with E-state index in [0.29, 0.717) is 23.9 Å². The number of aliphatic hydroxyl groups excluding tert-OH is 1. The van der Waals surface area contributed by atoms with Gasteiger partial charge >= 0.3 is 5.63 Å². The molecule has 3 aromatic rings. The van der Waals surface area contributed by atoms with Crippen LogP contribution in [0.25, 0.3) is 11.0 Å². The second kappa shape index (κ2) is 7.63. The van der Waals surface area contributed by atoms with Crippen molar-refractivity contribution in [1.82, 2.24) is 4.90 Å². The molecule has 1 amide bonds. The van der Waals surface area contributed by atoms with E-state index in [-0.39, 0.29) is 18.2 Å². The summed E-state index contributed by atoms with van der Waals surface area (Å²) in [6, 6.07) is 12.1. The molecule has 0 aliphatic heterocycles. The fourth-order valence-electron chi connectivity index (χ4n) is 2.75. The van der Waals surface area contributed by atoms with Crippen molar-refractivity contribution in [1.29, 1.82) is 0 Å². The molecule has 0 aliphatic carbocycles. The molecule has 0 unspecified atom stereocenters. The van der Waals surface area contributed by atoms with Gasteiger partial charge in [0.15, 0.2) is 0 Å². The van der Waals surface area contributed by atoms with Crippen LogP contribution in [-0.2, 0) is 6.54 Å². The quantitative estimate of drug-likeness (QED) is 0.688. The lowest BCUT2D eigenvalue weighted by Crippen LogP contribution is -2.43. The zero-order chi connectivity index (χ0) is 17.8. The molecule has 5 nitrogen and oxygen atoms in total. The van der Waals surface area contributed by atoms with E-state index in [1.807, 2.05) is 30.5 Å². The Kier molecular flexibility index (Phi) is 5.31. The Balaban J connectivity index is 2.01. The van der Waals surface area contributed by atoms with Crippen molar-refractivity contribution < 1.29 is 14.3 Å². The van der Waals surface area contributed by atoms with Gasteiger partial charge in [-0.25, -0.2) is 4.79 Å². The topological polar surface area (TPSA) is 70.8 Å². The molecule has 0 fully saturated rings. The maximum Gasteiger partial charge on any atom is 0.349 e. The summed E-state index contributed by atoms with van der Waals surface area (Å²) in [5, 5.41) is 12.3. The lowest BCUT2D eigenvalue weighted by molar-refractivity contribution is 0.0562. The number of carbonyl (C=O) groups is 1. The van der Waals surface area contributed by atoms with Crippen LogP contribution in [0.4, 0.5) is 0 Å². The standard InChI is InChI=1S/C19H19NO4S/c1-2-14(12-21)20(11-15-7-5-9-25-15)18(22)16-10-13-6-3-4-8-17(13)24-19(16)23/h3-10,14,21H,2,11-12H2,1H3/t14-/m1/s1. The number of nitrogens with zero attached hydrogens (tertiary/aromatic N) is 1. The molecule has 25 heavy (non-hydrogen) atoms. The predicted octanol–water partition coefficient (Wildman–Crippen LogP) is 3.27. The van der Waals surface area contributed by atoms with Gasteiger partial charge in [0, 0.05) is 10.3 Å². The molecule has 3 rings (SSSR count). The van der Waals surface area contributed by atoms with Crippen molar-refractivity contribution >= 4 is 28.2 Å². The largest absolute Gasteiger partial charge is 0.422 e. The number of hydrogen-bond donors (Lipinski definition) is 1. The Hall–Kier alpha value is -2.44. The van der Waals surface area contributed by atoms with Gasteiger partial charge in [0.25, 0.3) is 5.91 Å². The van der Waals surface area contributed by atoms with Crippen LogP contribution < -0.4 is 5.63 Å². The Morgan fingerprint density at radius 1 is 1.28 bits per heavy atom. The number of hydrogen-bond acceptors (Lipinski definition) is 5. The summed E-state index contributed by atoms with van der Waals surface area (Å²) in [4.78, 5) is 27.9. The molecule has 0 saturated carbocycles. The van der Waals surface area contributed by atoms with Gasteiger partial charge in [-0.15, -0.1) is 11.3 Å². The molecular formula is C19H19NO4S. The zero-order valence-electron chi connectivity index (χ0n) is 13.8. The van der Waals surface area contributed by atoms with Crippen molar-refractivity contribution in [3.05, 3.63) is 68.7 Å². The number of carbonyl (C=O) groups excluding carboxylic acids is 1. The van der Waals surface area contributed by atoms with Crippen molar-refractivity contribution in [3.63, 3.8) is 0 Å². The number of thiophene rings is 1. The van der Waals surface area contributed by atoms with Gasteiger partial charge < -0.3 is 14.4 Å². The normalized spacial score (nSPS) is 12.2. The predicted molar refractivity (Wildman–Crippen MR) is 97.8 cm³/mol. The van der Waals surface area contributed by atoms with Crippen LogP contribution in [-0.4, -0.2) is 28.6 Å². The first-order valence-corrected chi connectivity index (χ1v) is 8.99. The molecule has 2 aromatic heterocycles. The highest BCUT2D eigenvalue weighted by Gasteiger charge is 2.26. The minimum absolute atomic E-state index is 0.0119. The molecule has 2 heterocycles. The van der Waals surface area contributed by atoms with Crippen LogP contribution in [0.3, 0.4) is 0 Å². The average Bonchev–Trinajstić information content (AvgIpc) is 3.14. The van der Waals surface area contributed by atoms with Crippen molar-refractivity contribution in [2.45, 2.75) is 25.9 Å². The maximum absolute atomic E-state index is 13.1. The van der Waals surface area contributed by atoms with E-state index in [4.69, 9.17) is 4.42 Å². The lowest BCUT2D eigenvalue weighted by atomic mass is 10.1.